The molecule has 3 amide bonds. The molecule has 9 heteroatoms. The van der Waals surface area contributed by atoms with E-state index < -0.39 is 41.6 Å². The van der Waals surface area contributed by atoms with E-state index in [1.807, 2.05) is 13.8 Å². The summed E-state index contributed by atoms with van der Waals surface area (Å²) in [6, 6.07) is -1.80. The van der Waals surface area contributed by atoms with Crippen molar-refractivity contribution in [2.45, 2.75) is 89.9 Å². The molecule has 0 aromatic heterocycles. The molecule has 1 heterocycles. The molecule has 0 spiro atoms. The predicted molar refractivity (Wildman–Crippen MR) is 109 cm³/mol. The third-order valence-electron chi connectivity index (χ3n) is 5.18. The van der Waals surface area contributed by atoms with E-state index in [4.69, 9.17) is 9.47 Å². The Hall–Kier alpha value is -2.32. The monoisotopic (exact) mass is 425 g/mol. The van der Waals surface area contributed by atoms with Crippen molar-refractivity contribution in [1.29, 1.82) is 0 Å². The molecule has 1 saturated carbocycles. The quantitative estimate of drug-likeness (QED) is 0.508. The van der Waals surface area contributed by atoms with Crippen LogP contribution in [0.2, 0.25) is 0 Å². The van der Waals surface area contributed by atoms with Crippen LogP contribution in [0, 0.1) is 11.8 Å². The maximum absolute atomic E-state index is 12.9. The second-order valence-corrected chi connectivity index (χ2v) is 9.97. The Morgan fingerprint density at radius 1 is 1.13 bits per heavy atom. The SMILES string of the molecule is COC(=O)C(CC1CC(C)(C)NC1=O)NC(=O)C(CC1CC1)NC(=O)OC(C)(C)C. The van der Waals surface area contributed by atoms with Crippen LogP contribution < -0.4 is 16.0 Å². The molecule has 1 aliphatic carbocycles. The number of ether oxygens (including phenoxy) is 2. The smallest absolute Gasteiger partial charge is 0.408 e. The number of alkyl carbamates (subject to hydrolysis) is 1. The zero-order valence-electron chi connectivity index (χ0n) is 18.8. The van der Waals surface area contributed by atoms with Crippen molar-refractivity contribution in [1.82, 2.24) is 16.0 Å². The van der Waals surface area contributed by atoms with Crippen LogP contribution in [0.25, 0.3) is 0 Å². The number of amides is 3. The standard InChI is InChI=1S/C21H35N3O6/c1-20(2,3)30-19(28)23-14(9-12-7-8-12)17(26)22-15(18(27)29-6)10-13-11-21(4,5)24-16(13)25/h12-15H,7-11H2,1-6H3,(H,22,26)(H,23,28)(H,24,25). The number of methoxy groups -OCH3 is 1. The van der Waals surface area contributed by atoms with Crippen LogP contribution in [0.4, 0.5) is 4.79 Å². The van der Waals surface area contributed by atoms with Crippen LogP contribution in [-0.2, 0) is 23.9 Å². The fourth-order valence-electron chi connectivity index (χ4n) is 3.67. The Balaban J connectivity index is 2.05. The van der Waals surface area contributed by atoms with Gasteiger partial charge in [-0.2, -0.15) is 0 Å². The maximum atomic E-state index is 12.9. The highest BCUT2D eigenvalue weighted by Crippen LogP contribution is 2.34. The molecule has 1 aliphatic heterocycles. The highest BCUT2D eigenvalue weighted by atomic mass is 16.6. The van der Waals surface area contributed by atoms with Gasteiger partial charge < -0.3 is 25.4 Å². The van der Waals surface area contributed by atoms with Gasteiger partial charge in [0, 0.05) is 11.5 Å². The number of hydrogen-bond acceptors (Lipinski definition) is 6. The van der Waals surface area contributed by atoms with Crippen LogP contribution in [0.15, 0.2) is 0 Å². The maximum Gasteiger partial charge on any atom is 0.408 e. The number of carbonyl (C=O) groups is 4. The summed E-state index contributed by atoms with van der Waals surface area (Å²) in [5.41, 5.74) is -1.05. The van der Waals surface area contributed by atoms with Gasteiger partial charge >= 0.3 is 12.1 Å². The molecule has 30 heavy (non-hydrogen) atoms. The number of nitrogens with one attached hydrogen (secondary N) is 3. The first kappa shape index (κ1) is 24.0. The van der Waals surface area contributed by atoms with Gasteiger partial charge in [-0.1, -0.05) is 12.8 Å². The van der Waals surface area contributed by atoms with Crippen molar-refractivity contribution in [2.24, 2.45) is 11.8 Å². The molecule has 170 valence electrons. The van der Waals surface area contributed by atoms with Crippen molar-refractivity contribution in [2.75, 3.05) is 7.11 Å². The summed E-state index contributed by atoms with van der Waals surface area (Å²) in [4.78, 5) is 49.6. The molecular formula is C21H35N3O6. The minimum Gasteiger partial charge on any atom is -0.467 e. The van der Waals surface area contributed by atoms with E-state index in [1.165, 1.54) is 7.11 Å². The summed E-state index contributed by atoms with van der Waals surface area (Å²) in [6.45, 7) is 9.04. The summed E-state index contributed by atoms with van der Waals surface area (Å²) in [5, 5.41) is 8.18. The van der Waals surface area contributed by atoms with E-state index >= 15 is 0 Å². The second-order valence-electron chi connectivity index (χ2n) is 9.97. The van der Waals surface area contributed by atoms with Crippen molar-refractivity contribution < 1.29 is 28.7 Å². The highest BCUT2D eigenvalue weighted by Gasteiger charge is 2.41. The van der Waals surface area contributed by atoms with E-state index in [2.05, 4.69) is 16.0 Å². The van der Waals surface area contributed by atoms with E-state index in [1.54, 1.807) is 20.8 Å². The van der Waals surface area contributed by atoms with Gasteiger partial charge in [0.2, 0.25) is 11.8 Å². The Morgan fingerprint density at radius 3 is 2.23 bits per heavy atom. The average molecular weight is 426 g/mol. The molecule has 2 aliphatic rings. The van der Waals surface area contributed by atoms with Gasteiger partial charge in [0.1, 0.15) is 17.7 Å². The van der Waals surface area contributed by atoms with Crippen LogP contribution in [0.5, 0.6) is 0 Å². The largest absolute Gasteiger partial charge is 0.467 e. The van der Waals surface area contributed by atoms with Gasteiger partial charge in [0.25, 0.3) is 0 Å². The molecule has 3 N–H and O–H groups in total. The summed E-state index contributed by atoms with van der Waals surface area (Å²) in [6.07, 6.45) is 2.47. The minimum absolute atomic E-state index is 0.135. The topological polar surface area (TPSA) is 123 Å². The van der Waals surface area contributed by atoms with Gasteiger partial charge in [-0.15, -0.1) is 0 Å². The first-order valence-corrected chi connectivity index (χ1v) is 10.5. The number of esters is 1. The Labute approximate surface area is 178 Å². The first-order chi connectivity index (χ1) is 13.8. The average Bonchev–Trinajstić information content (AvgIpc) is 3.36. The third-order valence-corrected chi connectivity index (χ3v) is 5.18. The van der Waals surface area contributed by atoms with Gasteiger partial charge in [-0.25, -0.2) is 9.59 Å². The molecule has 0 aromatic carbocycles. The molecule has 9 nitrogen and oxygen atoms in total. The lowest BCUT2D eigenvalue weighted by molar-refractivity contribution is -0.146. The van der Waals surface area contributed by atoms with E-state index in [9.17, 15) is 19.2 Å². The fraction of sp³-hybridized carbons (Fsp3) is 0.810. The molecule has 3 unspecified atom stereocenters. The summed E-state index contributed by atoms with van der Waals surface area (Å²) < 4.78 is 10.1. The van der Waals surface area contributed by atoms with Gasteiger partial charge in [-0.3, -0.25) is 9.59 Å². The van der Waals surface area contributed by atoms with Gasteiger partial charge in [0.05, 0.1) is 7.11 Å². The van der Waals surface area contributed by atoms with Crippen LogP contribution in [0.1, 0.15) is 66.7 Å². The number of rotatable bonds is 8. The molecule has 3 atom stereocenters. The lowest BCUT2D eigenvalue weighted by Crippen LogP contribution is -2.53. The number of carbonyl (C=O) groups excluding carboxylic acids is 4. The Kier molecular flexibility index (Phi) is 7.36. The second kappa shape index (κ2) is 9.22. The predicted octanol–water partition coefficient (Wildman–Crippen LogP) is 1.64. The summed E-state index contributed by atoms with van der Waals surface area (Å²) in [5.74, 6) is -1.31. The van der Waals surface area contributed by atoms with Crippen molar-refractivity contribution in [3.8, 4) is 0 Å². The van der Waals surface area contributed by atoms with Crippen LogP contribution in [0.3, 0.4) is 0 Å². The van der Waals surface area contributed by atoms with E-state index in [-0.39, 0.29) is 17.9 Å². The first-order valence-electron chi connectivity index (χ1n) is 10.5. The minimum atomic E-state index is -0.978. The normalized spacial score (nSPS) is 22.5. The Bertz CT molecular complexity index is 681. The highest BCUT2D eigenvalue weighted by molar-refractivity contribution is 5.90. The fourth-order valence-corrected chi connectivity index (χ4v) is 3.67. The van der Waals surface area contributed by atoms with E-state index in [0.29, 0.717) is 18.8 Å². The number of hydrogen-bond donors (Lipinski definition) is 3. The van der Waals surface area contributed by atoms with Gasteiger partial charge in [0.15, 0.2) is 0 Å². The molecule has 1 saturated heterocycles. The van der Waals surface area contributed by atoms with E-state index in [0.717, 1.165) is 12.8 Å². The molecule has 2 rings (SSSR count). The summed E-state index contributed by atoms with van der Waals surface area (Å²) >= 11 is 0. The lowest BCUT2D eigenvalue weighted by Gasteiger charge is -2.25. The van der Waals surface area contributed by atoms with Crippen molar-refractivity contribution in [3.05, 3.63) is 0 Å². The van der Waals surface area contributed by atoms with Crippen molar-refractivity contribution >= 4 is 23.9 Å². The molecule has 0 radical (unpaired) electrons. The zero-order chi connectivity index (χ0) is 22.7. The Morgan fingerprint density at radius 2 is 1.77 bits per heavy atom. The summed E-state index contributed by atoms with van der Waals surface area (Å²) in [7, 11) is 1.24. The zero-order valence-corrected chi connectivity index (χ0v) is 18.8. The molecular weight excluding hydrogens is 390 g/mol. The van der Waals surface area contributed by atoms with Crippen LogP contribution >= 0.6 is 0 Å². The lowest BCUT2D eigenvalue weighted by atomic mass is 9.91. The molecule has 0 aromatic rings. The van der Waals surface area contributed by atoms with Crippen LogP contribution in [-0.4, -0.2) is 54.2 Å². The van der Waals surface area contributed by atoms with Crippen molar-refractivity contribution in [3.63, 3.8) is 0 Å². The van der Waals surface area contributed by atoms with Gasteiger partial charge in [-0.05, 0) is 59.8 Å². The molecule has 0 bridgehead atoms. The molecule has 2 fully saturated rings. The third kappa shape index (κ3) is 7.50.